The summed E-state index contributed by atoms with van der Waals surface area (Å²) in [5.74, 6) is 0.539. The van der Waals surface area contributed by atoms with E-state index in [2.05, 4.69) is 16.2 Å². The number of aromatic hydroxyl groups is 1. The van der Waals surface area contributed by atoms with Crippen LogP contribution in [0.25, 0.3) is 16.9 Å². The minimum absolute atomic E-state index is 0.000471. The molecule has 0 saturated heterocycles. The normalized spacial score (nSPS) is 10.4. The van der Waals surface area contributed by atoms with Crippen LogP contribution in [-0.4, -0.2) is 26.1 Å². The van der Waals surface area contributed by atoms with Gasteiger partial charge in [-0.2, -0.15) is 15.0 Å². The van der Waals surface area contributed by atoms with Crippen molar-refractivity contribution in [2.45, 2.75) is 4.90 Å². The lowest BCUT2D eigenvalue weighted by Crippen LogP contribution is -1.98. The number of nitrogens with zero attached hydrogens (tertiary/aromatic N) is 4. The summed E-state index contributed by atoms with van der Waals surface area (Å²) in [6.45, 7) is 0. The first kappa shape index (κ1) is 14.2. The molecule has 2 aromatic heterocycles. The Morgan fingerprint density at radius 2 is 2.09 bits per heavy atom. The van der Waals surface area contributed by atoms with Gasteiger partial charge in [-0.25, -0.2) is 4.98 Å². The summed E-state index contributed by atoms with van der Waals surface area (Å²) in [6.07, 6.45) is 5.27. The van der Waals surface area contributed by atoms with E-state index >= 15 is 0 Å². The number of benzene rings is 1. The van der Waals surface area contributed by atoms with Crippen LogP contribution < -0.4 is 0 Å². The van der Waals surface area contributed by atoms with E-state index in [0.29, 0.717) is 16.9 Å². The van der Waals surface area contributed by atoms with E-state index in [1.807, 2.05) is 18.4 Å². The van der Waals surface area contributed by atoms with Crippen LogP contribution in [0, 0.1) is 11.3 Å². The Morgan fingerprint density at radius 3 is 2.77 bits per heavy atom. The Kier molecular flexibility index (Phi) is 3.81. The maximum atomic E-state index is 10.4. The fourth-order valence-corrected chi connectivity index (χ4v) is 2.45. The average molecular weight is 308 g/mol. The molecule has 22 heavy (non-hydrogen) atoms. The predicted octanol–water partition coefficient (Wildman–Crippen LogP) is 3.23. The number of nitriles is 1. The maximum Gasteiger partial charge on any atom is 0.223 e. The number of rotatable bonds is 3. The first-order chi connectivity index (χ1) is 10.7. The van der Waals surface area contributed by atoms with Crippen molar-refractivity contribution in [2.75, 3.05) is 6.26 Å². The Hall–Kier alpha value is -2.78. The smallest absolute Gasteiger partial charge is 0.223 e. The molecular weight excluding hydrogens is 296 g/mol. The minimum Gasteiger partial charge on any atom is -0.493 e. The Balaban J connectivity index is 2.02. The van der Waals surface area contributed by atoms with Gasteiger partial charge in [-0.15, -0.1) is 11.8 Å². The molecule has 0 aliphatic carbocycles. The SMILES string of the molecule is CSc1ccc(-n2ncc(-c3cccc(C#N)c3)c2O)nc1. The van der Waals surface area contributed by atoms with Crippen LogP contribution in [0.4, 0.5) is 0 Å². The van der Waals surface area contributed by atoms with Gasteiger partial charge < -0.3 is 5.11 Å². The summed E-state index contributed by atoms with van der Waals surface area (Å²) >= 11 is 1.60. The van der Waals surface area contributed by atoms with Crippen LogP contribution in [0.5, 0.6) is 5.88 Å². The van der Waals surface area contributed by atoms with Crippen molar-refractivity contribution in [1.82, 2.24) is 14.8 Å². The molecule has 0 unspecified atom stereocenters. The Labute approximate surface area is 131 Å². The molecule has 3 rings (SSSR count). The second-order valence-corrected chi connectivity index (χ2v) is 5.42. The monoisotopic (exact) mass is 308 g/mol. The second kappa shape index (κ2) is 5.92. The van der Waals surface area contributed by atoms with Gasteiger partial charge >= 0.3 is 0 Å². The van der Waals surface area contributed by atoms with Crippen molar-refractivity contribution >= 4 is 11.8 Å². The molecule has 2 heterocycles. The summed E-state index contributed by atoms with van der Waals surface area (Å²) in [5.41, 5.74) is 1.84. The third-order valence-electron chi connectivity index (χ3n) is 3.22. The fraction of sp³-hybridized carbons (Fsp3) is 0.0625. The van der Waals surface area contributed by atoms with Gasteiger partial charge in [0.15, 0.2) is 5.82 Å². The summed E-state index contributed by atoms with van der Waals surface area (Å²) in [6, 6.07) is 12.8. The average Bonchev–Trinajstić information content (AvgIpc) is 2.96. The highest BCUT2D eigenvalue weighted by molar-refractivity contribution is 7.98. The van der Waals surface area contributed by atoms with Crippen molar-refractivity contribution < 1.29 is 5.11 Å². The first-order valence-electron chi connectivity index (χ1n) is 6.51. The largest absolute Gasteiger partial charge is 0.493 e. The third-order valence-corrected chi connectivity index (χ3v) is 3.93. The molecule has 0 atom stereocenters. The van der Waals surface area contributed by atoms with Crippen molar-refractivity contribution in [3.63, 3.8) is 0 Å². The molecule has 0 amide bonds. The van der Waals surface area contributed by atoms with E-state index in [1.165, 1.54) is 4.68 Å². The topological polar surface area (TPSA) is 74.7 Å². The molecule has 0 radical (unpaired) electrons. The summed E-state index contributed by atoms with van der Waals surface area (Å²) in [5, 5.41) is 23.6. The molecule has 3 aromatic rings. The van der Waals surface area contributed by atoms with Gasteiger partial charge in [0, 0.05) is 11.1 Å². The number of hydrogen-bond acceptors (Lipinski definition) is 5. The molecule has 0 aliphatic heterocycles. The molecule has 108 valence electrons. The molecular formula is C16H12N4OS. The summed E-state index contributed by atoms with van der Waals surface area (Å²) in [4.78, 5) is 5.33. The van der Waals surface area contributed by atoms with Crippen molar-refractivity contribution in [3.8, 4) is 28.9 Å². The molecule has 0 saturated carbocycles. The van der Waals surface area contributed by atoms with Gasteiger partial charge in [-0.1, -0.05) is 12.1 Å². The van der Waals surface area contributed by atoms with Crippen LogP contribution in [0.1, 0.15) is 5.56 Å². The van der Waals surface area contributed by atoms with Crippen LogP contribution in [0.15, 0.2) is 53.7 Å². The highest BCUT2D eigenvalue weighted by Crippen LogP contribution is 2.31. The Bertz CT molecular complexity index is 849. The molecule has 6 heteroatoms. The molecule has 1 N–H and O–H groups in total. The minimum atomic E-state index is -0.000471. The van der Waals surface area contributed by atoms with Gasteiger partial charge in [0.25, 0.3) is 0 Å². The molecule has 5 nitrogen and oxygen atoms in total. The lowest BCUT2D eigenvalue weighted by atomic mass is 10.1. The lowest BCUT2D eigenvalue weighted by Gasteiger charge is -2.04. The van der Waals surface area contributed by atoms with Crippen LogP contribution in [0.3, 0.4) is 0 Å². The molecule has 0 spiro atoms. The summed E-state index contributed by atoms with van der Waals surface area (Å²) in [7, 11) is 0. The Morgan fingerprint density at radius 1 is 1.23 bits per heavy atom. The van der Waals surface area contributed by atoms with Crippen molar-refractivity contribution in [1.29, 1.82) is 5.26 Å². The quantitative estimate of drug-likeness (QED) is 0.752. The van der Waals surface area contributed by atoms with Gasteiger partial charge in [0.1, 0.15) is 0 Å². The van der Waals surface area contributed by atoms with Crippen LogP contribution in [0.2, 0.25) is 0 Å². The zero-order valence-electron chi connectivity index (χ0n) is 11.8. The van der Waals surface area contributed by atoms with Gasteiger partial charge in [0.2, 0.25) is 5.88 Å². The molecule has 0 aliphatic rings. The third kappa shape index (κ3) is 2.54. The number of hydrogen-bond donors (Lipinski definition) is 1. The predicted molar refractivity (Wildman–Crippen MR) is 85.0 cm³/mol. The zero-order valence-corrected chi connectivity index (χ0v) is 12.6. The van der Waals surface area contributed by atoms with E-state index in [4.69, 9.17) is 5.26 Å². The zero-order chi connectivity index (χ0) is 15.5. The van der Waals surface area contributed by atoms with E-state index in [1.54, 1.807) is 48.4 Å². The van der Waals surface area contributed by atoms with E-state index in [9.17, 15) is 5.11 Å². The standard InChI is InChI=1S/C16H12N4OS/c1-22-13-5-6-15(18-9-13)20-16(21)14(10-19-20)12-4-2-3-11(7-12)8-17/h2-7,9-10,21H,1H3. The van der Waals surface area contributed by atoms with Crippen LogP contribution >= 0.6 is 11.8 Å². The highest BCUT2D eigenvalue weighted by atomic mass is 32.2. The van der Waals surface area contributed by atoms with Crippen LogP contribution in [-0.2, 0) is 0 Å². The molecule has 1 aromatic carbocycles. The molecule has 0 bridgehead atoms. The van der Waals surface area contributed by atoms with Crippen molar-refractivity contribution in [2.24, 2.45) is 0 Å². The van der Waals surface area contributed by atoms with E-state index in [0.717, 1.165) is 10.5 Å². The van der Waals surface area contributed by atoms with Gasteiger partial charge in [-0.05, 0) is 36.1 Å². The number of pyridine rings is 1. The second-order valence-electron chi connectivity index (χ2n) is 4.54. The highest BCUT2D eigenvalue weighted by Gasteiger charge is 2.14. The number of thioether (sulfide) groups is 1. The van der Waals surface area contributed by atoms with Gasteiger partial charge in [-0.3, -0.25) is 0 Å². The molecule has 0 fully saturated rings. The first-order valence-corrected chi connectivity index (χ1v) is 7.73. The van der Waals surface area contributed by atoms with Crippen molar-refractivity contribution in [3.05, 3.63) is 54.4 Å². The number of aromatic nitrogens is 3. The van der Waals surface area contributed by atoms with E-state index in [-0.39, 0.29) is 5.88 Å². The maximum absolute atomic E-state index is 10.4. The van der Waals surface area contributed by atoms with Gasteiger partial charge in [0.05, 0.1) is 23.4 Å². The summed E-state index contributed by atoms with van der Waals surface area (Å²) < 4.78 is 1.37. The fourth-order valence-electron chi connectivity index (χ4n) is 2.09. The lowest BCUT2D eigenvalue weighted by molar-refractivity contribution is 0.433. The van der Waals surface area contributed by atoms with E-state index < -0.39 is 0 Å².